The summed E-state index contributed by atoms with van der Waals surface area (Å²) in [5.74, 6) is 0.574. The van der Waals surface area contributed by atoms with Crippen molar-refractivity contribution in [3.63, 3.8) is 0 Å². The summed E-state index contributed by atoms with van der Waals surface area (Å²) in [7, 11) is 0. The van der Waals surface area contributed by atoms with Crippen LogP contribution in [0.5, 0.6) is 0 Å². The van der Waals surface area contributed by atoms with E-state index in [0.29, 0.717) is 5.76 Å². The van der Waals surface area contributed by atoms with Crippen LogP contribution < -0.4 is 0 Å². The lowest BCUT2D eigenvalue weighted by Crippen LogP contribution is -2.01. The Hall–Kier alpha value is -1.58. The first-order valence-electron chi connectivity index (χ1n) is 6.49. The number of aliphatic hydroxyl groups is 1. The van der Waals surface area contributed by atoms with E-state index >= 15 is 0 Å². The molecule has 0 aliphatic heterocycles. The van der Waals surface area contributed by atoms with Crippen LogP contribution in [0.15, 0.2) is 51.4 Å². The van der Waals surface area contributed by atoms with Gasteiger partial charge in [-0.25, -0.2) is 0 Å². The average molecular weight is 331 g/mol. The van der Waals surface area contributed by atoms with E-state index in [-0.39, 0.29) is 0 Å². The third kappa shape index (κ3) is 2.28. The Bertz CT molecular complexity index is 741. The van der Waals surface area contributed by atoms with Gasteiger partial charge in [-0.2, -0.15) is 0 Å². The van der Waals surface area contributed by atoms with Crippen LogP contribution in [0.25, 0.3) is 11.0 Å². The highest BCUT2D eigenvalue weighted by Gasteiger charge is 2.18. The van der Waals surface area contributed by atoms with Crippen LogP contribution in [-0.4, -0.2) is 5.11 Å². The number of aryl methyl sites for hydroxylation is 2. The Kier molecular flexibility index (Phi) is 3.40. The molecule has 2 aromatic carbocycles. The van der Waals surface area contributed by atoms with Gasteiger partial charge in [0, 0.05) is 9.86 Å². The van der Waals surface area contributed by atoms with Gasteiger partial charge in [-0.05, 0) is 48.7 Å². The summed E-state index contributed by atoms with van der Waals surface area (Å²) in [6, 6.07) is 13.7. The molecule has 0 aliphatic carbocycles. The lowest BCUT2D eigenvalue weighted by atomic mass is 9.99. The van der Waals surface area contributed by atoms with Crippen LogP contribution in [0.1, 0.15) is 28.6 Å². The van der Waals surface area contributed by atoms with Crippen molar-refractivity contribution in [3.05, 3.63) is 69.4 Å². The molecule has 3 rings (SSSR count). The molecular formula is C17H15BrO2. The zero-order valence-corrected chi connectivity index (χ0v) is 12.9. The molecule has 3 heteroatoms. The normalized spacial score (nSPS) is 12.8. The topological polar surface area (TPSA) is 33.4 Å². The summed E-state index contributed by atoms with van der Waals surface area (Å²) in [5, 5.41) is 11.6. The molecule has 20 heavy (non-hydrogen) atoms. The first-order chi connectivity index (χ1) is 9.56. The van der Waals surface area contributed by atoms with Crippen molar-refractivity contribution >= 4 is 26.9 Å². The van der Waals surface area contributed by atoms with Crippen molar-refractivity contribution in [3.8, 4) is 0 Å². The number of fused-ring (bicyclic) bond motifs is 1. The van der Waals surface area contributed by atoms with Crippen LogP contribution >= 0.6 is 15.9 Å². The number of hydrogen-bond donors (Lipinski definition) is 1. The van der Waals surface area contributed by atoms with Gasteiger partial charge in [0.2, 0.25) is 0 Å². The molecule has 0 spiro atoms. The minimum atomic E-state index is -0.751. The summed E-state index contributed by atoms with van der Waals surface area (Å²) < 4.78 is 6.74. The second kappa shape index (κ2) is 5.08. The first kappa shape index (κ1) is 13.4. The minimum absolute atomic E-state index is 0.574. The summed E-state index contributed by atoms with van der Waals surface area (Å²) in [6.07, 6.45) is -0.751. The Morgan fingerprint density at radius 2 is 1.80 bits per heavy atom. The quantitative estimate of drug-likeness (QED) is 0.725. The second-order valence-electron chi connectivity index (χ2n) is 5.05. The summed E-state index contributed by atoms with van der Waals surface area (Å²) in [5.41, 5.74) is 3.87. The van der Waals surface area contributed by atoms with Crippen molar-refractivity contribution in [2.45, 2.75) is 20.0 Å². The minimum Gasteiger partial charge on any atom is -0.458 e. The van der Waals surface area contributed by atoms with E-state index in [9.17, 15) is 5.11 Å². The molecule has 0 fully saturated rings. The number of rotatable bonds is 2. The number of para-hydroxylation sites is 1. The zero-order valence-electron chi connectivity index (χ0n) is 11.4. The fourth-order valence-electron chi connectivity index (χ4n) is 2.43. The molecule has 1 unspecified atom stereocenters. The Morgan fingerprint density at radius 3 is 2.55 bits per heavy atom. The van der Waals surface area contributed by atoms with Crippen molar-refractivity contribution in [1.82, 2.24) is 0 Å². The fourth-order valence-corrected chi connectivity index (χ4v) is 2.79. The maximum absolute atomic E-state index is 10.6. The van der Waals surface area contributed by atoms with E-state index in [1.807, 2.05) is 50.2 Å². The van der Waals surface area contributed by atoms with Gasteiger partial charge in [-0.15, -0.1) is 0 Å². The molecule has 0 radical (unpaired) electrons. The molecule has 1 aromatic heterocycles. The average Bonchev–Trinajstić information content (AvgIpc) is 2.86. The standard InChI is InChI=1S/C17H15BrO2/c1-10-7-11(2)14(18)9-13(10)17(19)16-8-12-5-3-4-6-15(12)20-16/h3-9,17,19H,1-2H3. The van der Waals surface area contributed by atoms with Crippen LogP contribution in [0.2, 0.25) is 0 Å². The van der Waals surface area contributed by atoms with Gasteiger partial charge < -0.3 is 9.52 Å². The van der Waals surface area contributed by atoms with Gasteiger partial charge in [-0.1, -0.05) is 40.2 Å². The predicted octanol–water partition coefficient (Wildman–Crippen LogP) is 4.89. The molecule has 1 heterocycles. The molecule has 102 valence electrons. The number of halogens is 1. The lowest BCUT2D eigenvalue weighted by molar-refractivity contribution is 0.191. The molecule has 1 N–H and O–H groups in total. The number of furan rings is 1. The maximum atomic E-state index is 10.6. The van der Waals surface area contributed by atoms with Gasteiger partial charge in [0.1, 0.15) is 17.4 Å². The Balaban J connectivity index is 2.07. The Labute approximate surface area is 126 Å². The molecule has 0 aliphatic rings. The first-order valence-corrected chi connectivity index (χ1v) is 7.29. The maximum Gasteiger partial charge on any atom is 0.138 e. The smallest absolute Gasteiger partial charge is 0.138 e. The van der Waals surface area contributed by atoms with E-state index in [4.69, 9.17) is 4.42 Å². The monoisotopic (exact) mass is 330 g/mol. The van der Waals surface area contributed by atoms with Crippen molar-refractivity contribution in [2.24, 2.45) is 0 Å². The molecule has 1 atom stereocenters. The highest BCUT2D eigenvalue weighted by Crippen LogP contribution is 2.32. The molecule has 0 saturated heterocycles. The lowest BCUT2D eigenvalue weighted by Gasteiger charge is -2.13. The number of benzene rings is 2. The van der Waals surface area contributed by atoms with E-state index in [0.717, 1.165) is 32.1 Å². The second-order valence-corrected chi connectivity index (χ2v) is 5.90. The molecule has 0 bridgehead atoms. The third-order valence-corrected chi connectivity index (χ3v) is 4.41. The van der Waals surface area contributed by atoms with E-state index in [1.165, 1.54) is 0 Å². The number of hydrogen-bond acceptors (Lipinski definition) is 2. The predicted molar refractivity (Wildman–Crippen MR) is 83.9 cm³/mol. The SMILES string of the molecule is Cc1cc(C)c(C(O)c2cc3ccccc3o2)cc1Br. The number of aliphatic hydroxyl groups excluding tert-OH is 1. The molecule has 3 aromatic rings. The van der Waals surface area contributed by atoms with E-state index < -0.39 is 6.10 Å². The van der Waals surface area contributed by atoms with Gasteiger partial charge in [-0.3, -0.25) is 0 Å². The van der Waals surface area contributed by atoms with Gasteiger partial charge in [0.05, 0.1) is 0 Å². The highest BCUT2D eigenvalue weighted by molar-refractivity contribution is 9.10. The molecular weight excluding hydrogens is 316 g/mol. The van der Waals surface area contributed by atoms with Gasteiger partial charge in [0.15, 0.2) is 0 Å². The van der Waals surface area contributed by atoms with Crippen LogP contribution in [0.3, 0.4) is 0 Å². The summed E-state index contributed by atoms with van der Waals surface area (Å²) >= 11 is 3.51. The van der Waals surface area contributed by atoms with Crippen LogP contribution in [-0.2, 0) is 0 Å². The highest BCUT2D eigenvalue weighted by atomic mass is 79.9. The molecule has 0 amide bonds. The van der Waals surface area contributed by atoms with Crippen molar-refractivity contribution in [2.75, 3.05) is 0 Å². The van der Waals surface area contributed by atoms with Crippen molar-refractivity contribution in [1.29, 1.82) is 0 Å². The molecule has 0 saturated carbocycles. The fraction of sp³-hybridized carbons (Fsp3) is 0.176. The van der Waals surface area contributed by atoms with Crippen molar-refractivity contribution < 1.29 is 9.52 Å². The van der Waals surface area contributed by atoms with Gasteiger partial charge >= 0.3 is 0 Å². The summed E-state index contributed by atoms with van der Waals surface area (Å²) in [4.78, 5) is 0. The van der Waals surface area contributed by atoms with Gasteiger partial charge in [0.25, 0.3) is 0 Å². The largest absolute Gasteiger partial charge is 0.458 e. The Morgan fingerprint density at radius 1 is 1.05 bits per heavy atom. The zero-order chi connectivity index (χ0) is 14.3. The van der Waals surface area contributed by atoms with E-state index in [1.54, 1.807) is 0 Å². The third-order valence-electron chi connectivity index (χ3n) is 3.56. The van der Waals surface area contributed by atoms with Crippen LogP contribution in [0.4, 0.5) is 0 Å². The van der Waals surface area contributed by atoms with E-state index in [2.05, 4.69) is 22.0 Å². The molecule has 2 nitrogen and oxygen atoms in total. The summed E-state index contributed by atoms with van der Waals surface area (Å²) in [6.45, 7) is 4.04. The van der Waals surface area contributed by atoms with Crippen LogP contribution in [0, 0.1) is 13.8 Å².